The summed E-state index contributed by atoms with van der Waals surface area (Å²) in [5.41, 5.74) is 0. The maximum Gasteiger partial charge on any atom is 0.268 e. The van der Waals surface area contributed by atoms with Crippen molar-refractivity contribution in [3.05, 3.63) is 48.6 Å². The number of nitrogens with zero attached hydrogens (tertiary/aromatic N) is 1. The van der Waals surface area contributed by atoms with Crippen LogP contribution in [0.1, 0.15) is 290 Å². The van der Waals surface area contributed by atoms with E-state index >= 15 is 0 Å². The third-order valence-corrected chi connectivity index (χ3v) is 14.7. The predicted molar refractivity (Wildman–Crippen MR) is 307 cm³/mol. The summed E-state index contributed by atoms with van der Waals surface area (Å²) < 4.78 is 23.4. The third-order valence-electron chi connectivity index (χ3n) is 13.7. The van der Waals surface area contributed by atoms with Gasteiger partial charge in [0.25, 0.3) is 7.82 Å². The minimum absolute atomic E-state index is 0.00988. The lowest BCUT2D eigenvalue weighted by Crippen LogP contribution is -2.45. The van der Waals surface area contributed by atoms with Gasteiger partial charge in [-0.25, -0.2) is 0 Å². The normalized spacial score (nSPS) is 14.2. The van der Waals surface area contributed by atoms with Crippen LogP contribution in [-0.4, -0.2) is 68.5 Å². The number of hydrogen-bond acceptors (Lipinski definition) is 6. The summed E-state index contributed by atoms with van der Waals surface area (Å²) in [6, 6.07) is -0.913. The standard InChI is InChI=1S/C62H119N2O6P/c1-6-8-10-12-14-16-18-20-22-24-26-28-30-32-33-35-37-39-41-43-45-47-49-51-53-55-61(65)60(59-70-71(67,68)69-58-57-64(3,4)5)63-62(66)56-54-52-50-48-46-44-42-40-38-36-34-31-29-27-25-23-21-19-17-15-13-11-9-7-2/h34,36-37,39,45,47,53,55,60-61,65H,6-33,35,38,40-44,46,48-52,54,56-59H2,1-5H3,(H-,63,66,67,68)/b36-34-,39-37+,47-45+,55-53+. The molecular formula is C62H119N2O6P. The van der Waals surface area contributed by atoms with Gasteiger partial charge in [-0.1, -0.05) is 262 Å². The fourth-order valence-corrected chi connectivity index (χ4v) is 9.67. The summed E-state index contributed by atoms with van der Waals surface area (Å²) in [4.78, 5) is 25.5. The Morgan fingerprint density at radius 2 is 0.789 bits per heavy atom. The van der Waals surface area contributed by atoms with Crippen molar-refractivity contribution in [2.75, 3.05) is 40.9 Å². The quantitative estimate of drug-likeness (QED) is 0.0272. The van der Waals surface area contributed by atoms with Crippen molar-refractivity contribution in [3.8, 4) is 0 Å². The average molecular weight is 1020 g/mol. The van der Waals surface area contributed by atoms with Crippen LogP contribution in [0.3, 0.4) is 0 Å². The second-order valence-electron chi connectivity index (χ2n) is 22.0. The summed E-state index contributed by atoms with van der Waals surface area (Å²) in [5.74, 6) is -0.212. The molecule has 0 heterocycles. The van der Waals surface area contributed by atoms with Crippen LogP contribution >= 0.6 is 7.82 Å². The number of amides is 1. The maximum absolute atomic E-state index is 13.0. The molecule has 71 heavy (non-hydrogen) atoms. The summed E-state index contributed by atoms with van der Waals surface area (Å²) in [7, 11) is 1.24. The van der Waals surface area contributed by atoms with Crippen LogP contribution in [-0.2, 0) is 18.4 Å². The highest BCUT2D eigenvalue weighted by Crippen LogP contribution is 2.38. The van der Waals surface area contributed by atoms with Crippen molar-refractivity contribution in [2.45, 2.75) is 302 Å². The van der Waals surface area contributed by atoms with Crippen LogP contribution in [0.15, 0.2) is 48.6 Å². The Morgan fingerprint density at radius 3 is 1.14 bits per heavy atom. The third kappa shape index (κ3) is 56.0. The predicted octanol–water partition coefficient (Wildman–Crippen LogP) is 18.1. The zero-order valence-electron chi connectivity index (χ0n) is 47.7. The number of rotatable bonds is 56. The topological polar surface area (TPSA) is 108 Å². The van der Waals surface area contributed by atoms with Crippen molar-refractivity contribution >= 4 is 13.7 Å². The summed E-state index contributed by atoms with van der Waals surface area (Å²) >= 11 is 0. The molecule has 3 unspecified atom stereocenters. The van der Waals surface area contributed by atoms with E-state index in [4.69, 9.17) is 9.05 Å². The highest BCUT2D eigenvalue weighted by Gasteiger charge is 2.23. The molecule has 9 heteroatoms. The molecule has 1 amide bonds. The van der Waals surface area contributed by atoms with Crippen molar-refractivity contribution in [1.82, 2.24) is 5.32 Å². The van der Waals surface area contributed by atoms with E-state index in [1.54, 1.807) is 6.08 Å². The van der Waals surface area contributed by atoms with E-state index in [0.29, 0.717) is 17.4 Å². The maximum atomic E-state index is 13.0. The molecule has 0 spiro atoms. The minimum atomic E-state index is -4.61. The molecule has 0 saturated heterocycles. The number of nitrogens with one attached hydrogen (secondary N) is 1. The van der Waals surface area contributed by atoms with Gasteiger partial charge in [0, 0.05) is 6.42 Å². The highest BCUT2D eigenvalue weighted by atomic mass is 31.2. The zero-order chi connectivity index (χ0) is 52.0. The number of phosphoric ester groups is 1. The van der Waals surface area contributed by atoms with Crippen molar-refractivity contribution in [3.63, 3.8) is 0 Å². The Kier molecular flexibility index (Phi) is 52.1. The molecule has 0 fully saturated rings. The molecule has 0 aliphatic rings. The largest absolute Gasteiger partial charge is 0.756 e. The van der Waals surface area contributed by atoms with E-state index in [0.717, 1.165) is 44.9 Å². The van der Waals surface area contributed by atoms with Crippen LogP contribution < -0.4 is 10.2 Å². The van der Waals surface area contributed by atoms with Gasteiger partial charge in [-0.3, -0.25) is 9.36 Å². The van der Waals surface area contributed by atoms with Gasteiger partial charge in [-0.05, 0) is 70.6 Å². The Labute approximate surface area is 441 Å². The fourth-order valence-electron chi connectivity index (χ4n) is 8.95. The van der Waals surface area contributed by atoms with Gasteiger partial charge >= 0.3 is 0 Å². The number of aliphatic hydroxyl groups excluding tert-OH is 1. The first-order valence-corrected chi connectivity index (χ1v) is 32.0. The van der Waals surface area contributed by atoms with Crippen LogP contribution in [0, 0.1) is 0 Å². The molecule has 0 radical (unpaired) electrons. The van der Waals surface area contributed by atoms with E-state index in [-0.39, 0.29) is 12.5 Å². The lowest BCUT2D eigenvalue weighted by atomic mass is 10.0. The fraction of sp³-hybridized carbons (Fsp3) is 0.855. The number of allylic oxidation sites excluding steroid dienone is 7. The van der Waals surface area contributed by atoms with Crippen molar-refractivity contribution in [2.24, 2.45) is 0 Å². The molecule has 0 aliphatic carbocycles. The molecule has 8 nitrogen and oxygen atoms in total. The first-order chi connectivity index (χ1) is 34.5. The van der Waals surface area contributed by atoms with Gasteiger partial charge in [0.05, 0.1) is 39.9 Å². The summed E-state index contributed by atoms with van der Waals surface area (Å²) in [5, 5.41) is 13.9. The number of phosphoric acid groups is 1. The van der Waals surface area contributed by atoms with E-state index in [9.17, 15) is 19.4 Å². The zero-order valence-corrected chi connectivity index (χ0v) is 48.6. The van der Waals surface area contributed by atoms with Gasteiger partial charge in [0.15, 0.2) is 0 Å². The van der Waals surface area contributed by atoms with Crippen LogP contribution in [0.25, 0.3) is 0 Å². The molecule has 0 bridgehead atoms. The van der Waals surface area contributed by atoms with Gasteiger partial charge in [-0.15, -0.1) is 0 Å². The van der Waals surface area contributed by atoms with Gasteiger partial charge in [0.1, 0.15) is 13.2 Å². The molecule has 3 atom stereocenters. The van der Waals surface area contributed by atoms with E-state index in [2.05, 4.69) is 55.6 Å². The Bertz CT molecular complexity index is 1290. The van der Waals surface area contributed by atoms with Crippen LogP contribution in [0.2, 0.25) is 0 Å². The Balaban J connectivity index is 4.25. The second kappa shape index (κ2) is 53.3. The average Bonchev–Trinajstić information content (AvgIpc) is 3.33. The molecular weight excluding hydrogens is 900 g/mol. The van der Waals surface area contributed by atoms with Gasteiger partial charge in [-0.2, -0.15) is 0 Å². The smallest absolute Gasteiger partial charge is 0.268 e. The molecule has 0 rings (SSSR count). The van der Waals surface area contributed by atoms with E-state index < -0.39 is 26.6 Å². The second-order valence-corrected chi connectivity index (χ2v) is 23.4. The van der Waals surface area contributed by atoms with Gasteiger partial charge < -0.3 is 28.8 Å². The van der Waals surface area contributed by atoms with Crippen LogP contribution in [0.5, 0.6) is 0 Å². The lowest BCUT2D eigenvalue weighted by Gasteiger charge is -2.29. The van der Waals surface area contributed by atoms with Crippen LogP contribution in [0.4, 0.5) is 0 Å². The molecule has 2 N–H and O–H groups in total. The number of carbonyl (C=O) groups is 1. The first-order valence-electron chi connectivity index (χ1n) is 30.5. The number of quaternary nitrogens is 1. The molecule has 0 aromatic rings. The molecule has 0 aromatic carbocycles. The number of hydrogen-bond donors (Lipinski definition) is 2. The monoisotopic (exact) mass is 1020 g/mol. The Hall–Kier alpha value is -1.54. The SMILES string of the molecule is CCCCCCCCCCCCCC/C=C\CCCCCCCCCCC(=O)NC(COP(=O)([O-])OCC[N+](C)(C)C)C(O)/C=C/CC/C=C/CC/C=C/CCCCCCCCCCCCCCCCC. The number of unbranched alkanes of at least 4 members (excludes halogenated alkanes) is 37. The minimum Gasteiger partial charge on any atom is -0.756 e. The lowest BCUT2D eigenvalue weighted by molar-refractivity contribution is -0.870. The Morgan fingerprint density at radius 1 is 0.479 bits per heavy atom. The van der Waals surface area contributed by atoms with E-state index in [1.165, 1.54) is 225 Å². The number of aliphatic hydroxyl groups is 1. The summed E-state index contributed by atoms with van der Waals surface area (Å²) in [6.45, 7) is 4.65. The van der Waals surface area contributed by atoms with Gasteiger partial charge in [0.2, 0.25) is 5.91 Å². The molecule has 418 valence electrons. The first kappa shape index (κ1) is 69.5. The number of carbonyl (C=O) groups excluding carboxylic acids is 1. The highest BCUT2D eigenvalue weighted by molar-refractivity contribution is 7.45. The summed E-state index contributed by atoms with van der Waals surface area (Å²) in [6.07, 6.45) is 70.6. The van der Waals surface area contributed by atoms with Crippen molar-refractivity contribution < 1.29 is 32.9 Å². The number of likely N-dealkylation sites (N-methyl/N-ethyl adjacent to an activating group) is 1. The van der Waals surface area contributed by atoms with E-state index in [1.807, 2.05) is 27.2 Å². The molecule has 0 saturated carbocycles. The molecule has 0 aliphatic heterocycles. The van der Waals surface area contributed by atoms with Crippen molar-refractivity contribution in [1.29, 1.82) is 0 Å². The molecule has 0 aromatic heterocycles.